The molecule has 0 aliphatic carbocycles. The summed E-state index contributed by atoms with van der Waals surface area (Å²) >= 11 is -3.80. The molecule has 0 aliphatic heterocycles. The van der Waals surface area contributed by atoms with Crippen molar-refractivity contribution >= 4 is 53.8 Å². The first-order valence-corrected chi connectivity index (χ1v) is 19.6. The number of benzene rings is 4. The van der Waals surface area contributed by atoms with E-state index in [4.69, 9.17) is 0 Å². The summed E-state index contributed by atoms with van der Waals surface area (Å²) in [6.07, 6.45) is 0. The van der Waals surface area contributed by atoms with Gasteiger partial charge in [0.05, 0.1) is 0 Å². The van der Waals surface area contributed by atoms with Gasteiger partial charge in [-0.1, -0.05) is 0 Å². The van der Waals surface area contributed by atoms with Crippen LogP contribution in [0.2, 0.25) is 8.87 Å². The van der Waals surface area contributed by atoms with Crippen molar-refractivity contribution in [2.24, 2.45) is 0 Å². The van der Waals surface area contributed by atoms with E-state index in [1.165, 1.54) is 8.87 Å². The molecule has 0 saturated heterocycles. The van der Waals surface area contributed by atoms with Gasteiger partial charge in [0.25, 0.3) is 0 Å². The molecule has 3 N–H and O–H groups in total. The summed E-state index contributed by atoms with van der Waals surface area (Å²) < 4.78 is 9.30. The Bertz CT molecular complexity index is 798. The van der Waals surface area contributed by atoms with Crippen LogP contribution >= 0.6 is 0 Å². The Balaban J connectivity index is 0.00000240. The minimum atomic E-state index is -1.90. The standard InChI is InChI=1S/4C6H5.C2H4.H2O.2Sn/c4*1-2-4-6-5-3-1;1-2;;;/h4*1-5H;1-2H2;1H2;;/p+1. The Hall–Kier alpha value is -1.56. The summed E-state index contributed by atoms with van der Waals surface area (Å²) in [5.41, 5.74) is 0. The van der Waals surface area contributed by atoms with Crippen molar-refractivity contribution < 1.29 is 5.48 Å². The normalized spacial score (nSPS) is 10.7. The van der Waals surface area contributed by atoms with Gasteiger partial charge in [0.15, 0.2) is 0 Å². The Labute approximate surface area is 188 Å². The number of hydrogen-bond donors (Lipinski definition) is 0. The molecule has 0 spiro atoms. The number of rotatable bonds is 7. The van der Waals surface area contributed by atoms with Crippen LogP contribution in [0.5, 0.6) is 0 Å². The van der Waals surface area contributed by atoms with Crippen molar-refractivity contribution in [1.82, 2.24) is 0 Å². The molecular formula is C26H27OSn2+. The van der Waals surface area contributed by atoms with Gasteiger partial charge < -0.3 is 5.48 Å². The maximum absolute atomic E-state index is 2.37. The van der Waals surface area contributed by atoms with Gasteiger partial charge in [0, 0.05) is 0 Å². The molecule has 0 fully saturated rings. The van der Waals surface area contributed by atoms with E-state index in [-0.39, 0.29) is 5.48 Å². The Morgan fingerprint density at radius 2 is 0.552 bits per heavy atom. The fourth-order valence-electron chi connectivity index (χ4n) is 3.72. The molecule has 0 heterocycles. The molecule has 4 rings (SSSR count). The summed E-state index contributed by atoms with van der Waals surface area (Å²) in [5.74, 6) is 0. The molecule has 2 radical (unpaired) electrons. The van der Waals surface area contributed by atoms with Crippen molar-refractivity contribution in [2.45, 2.75) is 8.87 Å². The molecule has 3 heteroatoms. The monoisotopic (exact) mass is 595 g/mol. The average molecular weight is 593 g/mol. The van der Waals surface area contributed by atoms with E-state index < -0.39 is 39.5 Å². The second kappa shape index (κ2) is 11.6. The average Bonchev–Trinajstić information content (AvgIpc) is 2.79. The van der Waals surface area contributed by atoms with Gasteiger partial charge in [-0.2, -0.15) is 0 Å². The molecule has 4 aromatic rings. The van der Waals surface area contributed by atoms with Crippen LogP contribution in [-0.2, 0) is 5.48 Å². The molecule has 144 valence electrons. The Morgan fingerprint density at radius 1 is 0.345 bits per heavy atom. The van der Waals surface area contributed by atoms with Crippen LogP contribution in [0.15, 0.2) is 121 Å². The van der Waals surface area contributed by atoms with Crippen molar-refractivity contribution in [2.75, 3.05) is 0 Å². The predicted octanol–water partition coefficient (Wildman–Crippen LogP) is 2.68. The van der Waals surface area contributed by atoms with E-state index >= 15 is 0 Å². The van der Waals surface area contributed by atoms with Gasteiger partial charge in [-0.05, 0) is 0 Å². The van der Waals surface area contributed by atoms with Gasteiger partial charge in [0.1, 0.15) is 0 Å². The van der Waals surface area contributed by atoms with Gasteiger partial charge >= 0.3 is 184 Å². The third-order valence-corrected chi connectivity index (χ3v) is 25.2. The zero-order valence-electron chi connectivity index (χ0n) is 16.5. The van der Waals surface area contributed by atoms with Crippen LogP contribution in [0, 0.1) is 0 Å². The zero-order chi connectivity index (χ0) is 19.0. The zero-order valence-corrected chi connectivity index (χ0v) is 22.2. The van der Waals surface area contributed by atoms with E-state index in [9.17, 15) is 0 Å². The summed E-state index contributed by atoms with van der Waals surface area (Å²) in [6.45, 7) is 0. The van der Waals surface area contributed by atoms with E-state index in [1.807, 2.05) is 0 Å². The third kappa shape index (κ3) is 5.97. The fraction of sp³-hybridized carbons (Fsp3) is 0.0769. The second-order valence-corrected chi connectivity index (χ2v) is 21.8. The molecule has 29 heavy (non-hydrogen) atoms. The predicted molar refractivity (Wildman–Crippen MR) is 130 cm³/mol. The summed E-state index contributed by atoms with van der Waals surface area (Å²) in [4.78, 5) is 0. The Kier molecular flexibility index (Phi) is 8.84. The third-order valence-electron chi connectivity index (χ3n) is 5.11. The topological polar surface area (TPSA) is 33.0 Å². The quantitative estimate of drug-likeness (QED) is 0.234. The first kappa shape index (κ1) is 22.1. The number of hydrogen-bond acceptors (Lipinski definition) is 0. The summed E-state index contributed by atoms with van der Waals surface area (Å²) in [5, 5.41) is 0. The van der Waals surface area contributed by atoms with E-state index in [0.717, 1.165) is 0 Å². The first-order chi connectivity index (χ1) is 13.9. The van der Waals surface area contributed by atoms with Crippen molar-refractivity contribution in [3.05, 3.63) is 121 Å². The molecule has 1 nitrogen and oxygen atoms in total. The minimum absolute atomic E-state index is 0. The van der Waals surface area contributed by atoms with Crippen LogP contribution in [0.4, 0.5) is 0 Å². The van der Waals surface area contributed by atoms with E-state index in [2.05, 4.69) is 121 Å². The maximum atomic E-state index is 2.37. The molecule has 0 unspecified atom stereocenters. The van der Waals surface area contributed by atoms with Gasteiger partial charge in [-0.25, -0.2) is 0 Å². The fourth-order valence-corrected chi connectivity index (χ4v) is 26.7. The molecular weight excluding hydrogens is 566 g/mol. The van der Waals surface area contributed by atoms with Crippen LogP contribution in [0.25, 0.3) is 0 Å². The molecule has 0 aromatic heterocycles. The first-order valence-electron chi connectivity index (χ1n) is 9.85. The second-order valence-electron chi connectivity index (χ2n) is 6.92. The SMILES string of the molecule is [OH3+].c1cc[c]([Sn]([CH2][CH2][Sn]([c]2ccccc2)[c]2ccccc2)[c]2ccccc2)cc1. The van der Waals surface area contributed by atoms with Crippen LogP contribution in [-0.4, -0.2) is 39.5 Å². The van der Waals surface area contributed by atoms with Gasteiger partial charge in [-0.15, -0.1) is 0 Å². The van der Waals surface area contributed by atoms with Crippen molar-refractivity contribution in [1.29, 1.82) is 0 Å². The summed E-state index contributed by atoms with van der Waals surface area (Å²) in [7, 11) is 0. The molecule has 0 aliphatic rings. The van der Waals surface area contributed by atoms with Crippen LogP contribution in [0.1, 0.15) is 0 Å². The van der Waals surface area contributed by atoms with Crippen molar-refractivity contribution in [3.63, 3.8) is 0 Å². The van der Waals surface area contributed by atoms with Gasteiger partial charge in [0.2, 0.25) is 0 Å². The van der Waals surface area contributed by atoms with E-state index in [1.54, 1.807) is 14.3 Å². The van der Waals surface area contributed by atoms with E-state index in [0.29, 0.717) is 0 Å². The van der Waals surface area contributed by atoms with Crippen LogP contribution < -0.4 is 14.3 Å². The van der Waals surface area contributed by atoms with Crippen LogP contribution in [0.3, 0.4) is 0 Å². The molecule has 0 bridgehead atoms. The van der Waals surface area contributed by atoms with Crippen molar-refractivity contribution in [3.8, 4) is 0 Å². The molecule has 0 saturated carbocycles. The molecule has 0 amide bonds. The summed E-state index contributed by atoms with van der Waals surface area (Å²) in [6, 6.07) is 45.3. The Morgan fingerprint density at radius 3 is 0.759 bits per heavy atom. The molecule has 4 aromatic carbocycles. The van der Waals surface area contributed by atoms with Gasteiger partial charge in [-0.3, -0.25) is 0 Å². The molecule has 0 atom stereocenters.